The van der Waals surface area contributed by atoms with Crippen LogP contribution in [0.2, 0.25) is 5.02 Å². The van der Waals surface area contributed by atoms with Crippen molar-refractivity contribution in [2.24, 2.45) is 4.99 Å². The molecule has 2 N–H and O–H groups in total. The van der Waals surface area contributed by atoms with Gasteiger partial charge >= 0.3 is 0 Å². The van der Waals surface area contributed by atoms with Crippen molar-refractivity contribution in [3.8, 4) is 11.5 Å². The summed E-state index contributed by atoms with van der Waals surface area (Å²) < 4.78 is 10.6. The number of methoxy groups -OCH3 is 2. The Morgan fingerprint density at radius 1 is 1.18 bits per heavy atom. The van der Waals surface area contributed by atoms with Crippen LogP contribution in [0.25, 0.3) is 0 Å². The van der Waals surface area contributed by atoms with E-state index in [1.54, 1.807) is 21.3 Å². The van der Waals surface area contributed by atoms with Crippen LogP contribution >= 0.6 is 35.6 Å². The first kappa shape index (κ1) is 24.3. The lowest BCUT2D eigenvalue weighted by Crippen LogP contribution is -2.38. The second-order valence-electron chi connectivity index (χ2n) is 6.11. The zero-order chi connectivity index (χ0) is 19.8. The van der Waals surface area contributed by atoms with E-state index in [9.17, 15) is 0 Å². The largest absolute Gasteiger partial charge is 0.497 e. The van der Waals surface area contributed by atoms with Gasteiger partial charge < -0.3 is 20.1 Å². The Hall–Kier alpha value is -1.74. The van der Waals surface area contributed by atoms with E-state index in [1.807, 2.05) is 38.2 Å². The predicted molar refractivity (Wildman–Crippen MR) is 126 cm³/mol. The first-order valence-electron chi connectivity index (χ1n) is 8.76. The summed E-state index contributed by atoms with van der Waals surface area (Å²) in [4.78, 5) is 8.75. The standard InChI is InChI=1S/C20H27ClN4O2.HI/c1-13-11-24-18(14(2)19(13)27-5)12-25-20(22-3)23-9-8-15-6-7-16(26-4)10-17(15)21;/h6-7,10-11H,8-9,12H2,1-5H3,(H2,22,23,25);1H. The summed E-state index contributed by atoms with van der Waals surface area (Å²) in [7, 11) is 5.05. The van der Waals surface area contributed by atoms with Crippen LogP contribution in [0, 0.1) is 13.8 Å². The summed E-state index contributed by atoms with van der Waals surface area (Å²) in [5.41, 5.74) is 4.04. The number of aliphatic imine (C=N–C) groups is 1. The highest BCUT2D eigenvalue weighted by molar-refractivity contribution is 14.0. The van der Waals surface area contributed by atoms with E-state index in [4.69, 9.17) is 21.1 Å². The Bertz CT molecular complexity index is 815. The number of benzene rings is 1. The molecule has 8 heteroatoms. The van der Waals surface area contributed by atoms with Gasteiger partial charge in [0.2, 0.25) is 0 Å². The number of rotatable bonds is 7. The van der Waals surface area contributed by atoms with Crippen LogP contribution in [0.3, 0.4) is 0 Å². The Morgan fingerprint density at radius 3 is 2.54 bits per heavy atom. The van der Waals surface area contributed by atoms with Crippen molar-refractivity contribution >= 4 is 41.5 Å². The number of nitrogens with zero attached hydrogens (tertiary/aromatic N) is 2. The molecule has 6 nitrogen and oxygen atoms in total. The molecular formula is C20H28ClIN4O2. The third-order valence-corrected chi connectivity index (χ3v) is 4.70. The minimum atomic E-state index is 0. The molecule has 154 valence electrons. The van der Waals surface area contributed by atoms with Gasteiger partial charge in [-0.2, -0.15) is 0 Å². The number of ether oxygens (including phenoxy) is 2. The summed E-state index contributed by atoms with van der Waals surface area (Å²) >= 11 is 6.28. The molecule has 0 aliphatic heterocycles. The molecule has 0 aliphatic rings. The summed E-state index contributed by atoms with van der Waals surface area (Å²) in [6.45, 7) is 5.26. The van der Waals surface area contributed by atoms with Crippen molar-refractivity contribution in [3.05, 3.63) is 51.8 Å². The van der Waals surface area contributed by atoms with Gasteiger partial charge in [-0.15, -0.1) is 24.0 Å². The third kappa shape index (κ3) is 6.41. The fraction of sp³-hybridized carbons (Fsp3) is 0.400. The normalized spacial score (nSPS) is 10.9. The Morgan fingerprint density at radius 2 is 1.93 bits per heavy atom. The van der Waals surface area contributed by atoms with Crippen LogP contribution in [0.5, 0.6) is 11.5 Å². The number of guanidine groups is 1. The minimum Gasteiger partial charge on any atom is -0.497 e. The van der Waals surface area contributed by atoms with E-state index in [0.29, 0.717) is 24.1 Å². The molecule has 0 bridgehead atoms. The molecule has 1 heterocycles. The maximum Gasteiger partial charge on any atom is 0.191 e. The van der Waals surface area contributed by atoms with Gasteiger partial charge in [0, 0.05) is 35.9 Å². The number of halogens is 2. The second kappa shape index (κ2) is 12.0. The van der Waals surface area contributed by atoms with Crippen molar-refractivity contribution in [2.45, 2.75) is 26.8 Å². The molecule has 0 spiro atoms. The SMILES string of the molecule is CN=C(NCCc1ccc(OC)cc1Cl)NCc1ncc(C)c(OC)c1C.I. The number of aryl methyl sites for hydroxylation is 1. The molecule has 2 rings (SSSR count). The molecule has 1 aromatic heterocycles. The van der Waals surface area contributed by atoms with E-state index in [-0.39, 0.29) is 24.0 Å². The molecule has 1 aromatic carbocycles. The highest BCUT2D eigenvalue weighted by Gasteiger charge is 2.10. The van der Waals surface area contributed by atoms with Crippen LogP contribution in [-0.2, 0) is 13.0 Å². The third-order valence-electron chi connectivity index (χ3n) is 4.34. The minimum absolute atomic E-state index is 0. The molecule has 0 amide bonds. The Labute approximate surface area is 189 Å². The summed E-state index contributed by atoms with van der Waals surface area (Å²) in [6.07, 6.45) is 2.60. The molecule has 2 aromatic rings. The molecule has 0 saturated heterocycles. The number of nitrogens with one attached hydrogen (secondary N) is 2. The molecule has 0 atom stereocenters. The zero-order valence-corrected chi connectivity index (χ0v) is 20.0. The summed E-state index contributed by atoms with van der Waals surface area (Å²) in [6, 6.07) is 5.71. The van der Waals surface area contributed by atoms with Crippen LogP contribution in [-0.4, -0.2) is 38.8 Å². The predicted octanol–water partition coefficient (Wildman–Crippen LogP) is 3.89. The van der Waals surface area contributed by atoms with Crippen molar-refractivity contribution in [3.63, 3.8) is 0 Å². The number of hydrogen-bond donors (Lipinski definition) is 2. The van der Waals surface area contributed by atoms with Gasteiger partial charge in [0.15, 0.2) is 5.96 Å². The van der Waals surface area contributed by atoms with Gasteiger partial charge in [0.05, 0.1) is 26.5 Å². The molecular weight excluding hydrogens is 491 g/mol. The highest BCUT2D eigenvalue weighted by atomic mass is 127. The fourth-order valence-electron chi connectivity index (χ4n) is 2.81. The van der Waals surface area contributed by atoms with Crippen LogP contribution in [0.15, 0.2) is 29.4 Å². The quantitative estimate of drug-likeness (QED) is 0.331. The van der Waals surface area contributed by atoms with Crippen molar-refractivity contribution in [1.82, 2.24) is 15.6 Å². The lowest BCUT2D eigenvalue weighted by Gasteiger charge is -2.15. The molecule has 28 heavy (non-hydrogen) atoms. The first-order chi connectivity index (χ1) is 13.0. The van der Waals surface area contributed by atoms with Crippen molar-refractivity contribution in [2.75, 3.05) is 27.8 Å². The van der Waals surface area contributed by atoms with Crippen LogP contribution in [0.4, 0.5) is 0 Å². The van der Waals surface area contributed by atoms with Crippen LogP contribution < -0.4 is 20.1 Å². The number of pyridine rings is 1. The smallest absolute Gasteiger partial charge is 0.191 e. The van der Waals surface area contributed by atoms with Gasteiger partial charge in [-0.25, -0.2) is 0 Å². The Kier molecular flexibility index (Phi) is 10.4. The van der Waals surface area contributed by atoms with E-state index < -0.39 is 0 Å². The van der Waals surface area contributed by atoms with E-state index >= 15 is 0 Å². The van der Waals surface area contributed by atoms with Gasteiger partial charge in [0.25, 0.3) is 0 Å². The highest BCUT2D eigenvalue weighted by Crippen LogP contribution is 2.24. The topological polar surface area (TPSA) is 67.8 Å². The molecule has 0 saturated carbocycles. The van der Waals surface area contributed by atoms with E-state index in [2.05, 4.69) is 20.6 Å². The van der Waals surface area contributed by atoms with Crippen molar-refractivity contribution < 1.29 is 9.47 Å². The summed E-state index contributed by atoms with van der Waals surface area (Å²) in [5.74, 6) is 2.34. The maximum absolute atomic E-state index is 6.28. The molecule has 0 fully saturated rings. The lowest BCUT2D eigenvalue weighted by molar-refractivity contribution is 0.406. The van der Waals surface area contributed by atoms with E-state index in [0.717, 1.165) is 40.3 Å². The average Bonchev–Trinajstić information content (AvgIpc) is 2.67. The molecule has 0 unspecified atom stereocenters. The van der Waals surface area contributed by atoms with Gasteiger partial charge in [0.1, 0.15) is 11.5 Å². The van der Waals surface area contributed by atoms with Gasteiger partial charge in [-0.3, -0.25) is 9.98 Å². The van der Waals surface area contributed by atoms with Crippen LogP contribution in [0.1, 0.15) is 22.4 Å². The maximum atomic E-state index is 6.28. The average molecular weight is 519 g/mol. The second-order valence-corrected chi connectivity index (χ2v) is 6.51. The number of aromatic nitrogens is 1. The van der Waals surface area contributed by atoms with Gasteiger partial charge in [-0.1, -0.05) is 17.7 Å². The Balaban J connectivity index is 0.00000392. The zero-order valence-electron chi connectivity index (χ0n) is 16.9. The lowest BCUT2D eigenvalue weighted by atomic mass is 10.1. The first-order valence-corrected chi connectivity index (χ1v) is 9.14. The summed E-state index contributed by atoms with van der Waals surface area (Å²) in [5, 5.41) is 7.28. The number of hydrogen-bond acceptors (Lipinski definition) is 4. The molecule has 0 radical (unpaired) electrons. The fourth-order valence-corrected chi connectivity index (χ4v) is 3.08. The van der Waals surface area contributed by atoms with E-state index in [1.165, 1.54) is 0 Å². The van der Waals surface area contributed by atoms with Gasteiger partial charge in [-0.05, 0) is 38.0 Å². The van der Waals surface area contributed by atoms with Crippen molar-refractivity contribution in [1.29, 1.82) is 0 Å². The molecule has 0 aliphatic carbocycles. The monoisotopic (exact) mass is 518 g/mol.